The van der Waals surface area contributed by atoms with Gasteiger partial charge in [0.05, 0.1) is 6.61 Å². The minimum Gasteiger partial charge on any atom is -0.395 e. The highest BCUT2D eigenvalue weighted by Gasteiger charge is 2.50. The van der Waals surface area contributed by atoms with Gasteiger partial charge in [0.15, 0.2) is 0 Å². The summed E-state index contributed by atoms with van der Waals surface area (Å²) in [6.07, 6.45) is 6.50. The number of aromatic nitrogens is 2. The zero-order chi connectivity index (χ0) is 23.7. The Balaban J connectivity index is 1.44. The molecule has 3 atom stereocenters. The molecule has 0 bridgehead atoms. The summed E-state index contributed by atoms with van der Waals surface area (Å²) in [4.78, 5) is 10.0. The molecule has 0 amide bonds. The molecule has 2 aliphatic heterocycles. The first-order chi connectivity index (χ1) is 16.5. The van der Waals surface area contributed by atoms with Crippen LogP contribution in [0, 0.1) is 5.82 Å². The Hall–Kier alpha value is -2.72. The van der Waals surface area contributed by atoms with Crippen LogP contribution in [0.25, 0.3) is 11.1 Å². The van der Waals surface area contributed by atoms with Crippen molar-refractivity contribution in [3.63, 3.8) is 0 Å². The summed E-state index contributed by atoms with van der Waals surface area (Å²) >= 11 is 0. The number of halogens is 1. The SMILES string of the molecule is O=S(=O)(c1ccccc1F)N1CCCCN2[C@H](C1)[C@@H](c1ccc(-c3cncnc3)cc1)[C@@H]2CO. The molecule has 7 nitrogen and oxygen atoms in total. The lowest BCUT2D eigenvalue weighted by Gasteiger charge is -2.57. The van der Waals surface area contributed by atoms with Crippen LogP contribution in [0.3, 0.4) is 0 Å². The van der Waals surface area contributed by atoms with Gasteiger partial charge in [-0.1, -0.05) is 36.4 Å². The topological polar surface area (TPSA) is 86.6 Å². The molecule has 178 valence electrons. The molecule has 1 N–H and O–H groups in total. The van der Waals surface area contributed by atoms with Gasteiger partial charge in [-0.25, -0.2) is 22.8 Å². The fourth-order valence-corrected chi connectivity index (χ4v) is 6.83. The molecule has 0 saturated carbocycles. The molecule has 0 spiro atoms. The maximum atomic E-state index is 14.4. The number of hydrogen-bond donors (Lipinski definition) is 1. The highest BCUT2D eigenvalue weighted by molar-refractivity contribution is 7.89. The van der Waals surface area contributed by atoms with Gasteiger partial charge in [-0.2, -0.15) is 4.31 Å². The molecule has 2 aliphatic rings. The van der Waals surface area contributed by atoms with E-state index in [1.54, 1.807) is 18.5 Å². The van der Waals surface area contributed by atoms with E-state index < -0.39 is 15.8 Å². The van der Waals surface area contributed by atoms with E-state index in [2.05, 4.69) is 14.9 Å². The molecule has 5 rings (SSSR count). The summed E-state index contributed by atoms with van der Waals surface area (Å²) in [6.45, 7) is 1.41. The number of rotatable bonds is 5. The van der Waals surface area contributed by atoms with E-state index in [-0.39, 0.29) is 36.0 Å². The van der Waals surface area contributed by atoms with Gasteiger partial charge in [0, 0.05) is 49.0 Å². The number of nitrogens with zero attached hydrogens (tertiary/aromatic N) is 4. The monoisotopic (exact) mass is 482 g/mol. The second-order valence-corrected chi connectivity index (χ2v) is 10.7. The van der Waals surface area contributed by atoms with Crippen LogP contribution < -0.4 is 0 Å². The van der Waals surface area contributed by atoms with E-state index in [9.17, 15) is 17.9 Å². The third kappa shape index (κ3) is 4.13. The van der Waals surface area contributed by atoms with Crippen LogP contribution in [0.15, 0.2) is 72.1 Å². The number of hydrogen-bond acceptors (Lipinski definition) is 6. The Bertz CT molecular complexity index is 1240. The van der Waals surface area contributed by atoms with Gasteiger partial charge in [0.25, 0.3) is 0 Å². The van der Waals surface area contributed by atoms with Gasteiger partial charge in [-0.3, -0.25) is 4.90 Å². The molecule has 0 radical (unpaired) electrons. The molecular weight excluding hydrogens is 455 g/mol. The van der Waals surface area contributed by atoms with Gasteiger partial charge >= 0.3 is 0 Å². The first-order valence-corrected chi connectivity index (χ1v) is 12.9. The van der Waals surface area contributed by atoms with Crippen molar-refractivity contribution in [2.45, 2.75) is 35.7 Å². The summed E-state index contributed by atoms with van der Waals surface area (Å²) in [5.74, 6) is -0.761. The standard InChI is InChI=1S/C25H27FN4O3S/c26-21-5-1-2-6-24(21)34(32,33)29-11-3-4-12-30-22(15-29)25(23(30)16-31)19-9-7-18(8-10-19)20-13-27-17-28-14-20/h1-2,5-10,13-14,17,22-23,25,31H,3-4,11-12,15-16H2/t22-,23+,25-/m1/s1. The van der Waals surface area contributed by atoms with E-state index >= 15 is 0 Å². The maximum Gasteiger partial charge on any atom is 0.246 e. The molecule has 9 heteroatoms. The van der Waals surface area contributed by atoms with Crippen molar-refractivity contribution in [1.82, 2.24) is 19.2 Å². The van der Waals surface area contributed by atoms with Crippen molar-refractivity contribution in [2.24, 2.45) is 0 Å². The molecule has 34 heavy (non-hydrogen) atoms. The Morgan fingerprint density at radius 2 is 1.68 bits per heavy atom. The van der Waals surface area contributed by atoms with Gasteiger partial charge in [0.2, 0.25) is 10.0 Å². The van der Waals surface area contributed by atoms with Crippen LogP contribution in [-0.2, 0) is 10.0 Å². The Kier molecular flexibility index (Phi) is 6.44. The van der Waals surface area contributed by atoms with Crippen LogP contribution in [-0.4, -0.2) is 71.0 Å². The number of benzene rings is 2. The summed E-state index contributed by atoms with van der Waals surface area (Å²) in [6, 6.07) is 13.4. The first-order valence-electron chi connectivity index (χ1n) is 11.5. The molecule has 0 unspecified atom stereocenters. The van der Waals surface area contributed by atoms with E-state index in [1.165, 1.54) is 28.8 Å². The van der Waals surface area contributed by atoms with E-state index in [0.717, 1.165) is 29.7 Å². The van der Waals surface area contributed by atoms with Crippen LogP contribution in [0.2, 0.25) is 0 Å². The van der Waals surface area contributed by atoms with Crippen LogP contribution >= 0.6 is 0 Å². The fraction of sp³-hybridized carbons (Fsp3) is 0.360. The summed E-state index contributed by atoms with van der Waals surface area (Å²) in [5, 5.41) is 10.2. The largest absolute Gasteiger partial charge is 0.395 e. The summed E-state index contributed by atoms with van der Waals surface area (Å²) in [7, 11) is -3.97. The first kappa shape index (κ1) is 23.0. The van der Waals surface area contributed by atoms with Crippen molar-refractivity contribution in [3.8, 4) is 11.1 Å². The van der Waals surface area contributed by atoms with Crippen molar-refractivity contribution < 1.29 is 17.9 Å². The summed E-state index contributed by atoms with van der Waals surface area (Å²) in [5.41, 5.74) is 2.95. The normalized spacial score (nSPS) is 24.0. The van der Waals surface area contributed by atoms with Crippen LogP contribution in [0.5, 0.6) is 0 Å². The number of aliphatic hydroxyl groups excluding tert-OH is 1. The molecule has 2 fully saturated rings. The minimum absolute atomic E-state index is 0.00446. The lowest BCUT2D eigenvalue weighted by molar-refractivity contribution is -0.0554. The van der Waals surface area contributed by atoms with Crippen LogP contribution in [0.1, 0.15) is 24.3 Å². The molecule has 0 aliphatic carbocycles. The lowest BCUT2D eigenvalue weighted by Crippen LogP contribution is -2.67. The van der Waals surface area contributed by atoms with E-state index in [0.29, 0.717) is 13.0 Å². The molecule has 3 aromatic rings. The predicted octanol–water partition coefficient (Wildman–Crippen LogP) is 2.90. The van der Waals surface area contributed by atoms with Gasteiger partial charge in [-0.15, -0.1) is 0 Å². The highest BCUT2D eigenvalue weighted by atomic mass is 32.2. The number of fused-ring (bicyclic) bond motifs is 1. The van der Waals surface area contributed by atoms with Gasteiger partial charge in [0.1, 0.15) is 17.0 Å². The second-order valence-electron chi connectivity index (χ2n) is 8.83. The zero-order valence-electron chi connectivity index (χ0n) is 18.7. The highest BCUT2D eigenvalue weighted by Crippen LogP contribution is 2.43. The fourth-order valence-electron chi connectivity index (χ4n) is 5.27. The van der Waals surface area contributed by atoms with E-state index in [4.69, 9.17) is 0 Å². The third-order valence-electron chi connectivity index (χ3n) is 6.98. The average molecular weight is 483 g/mol. The average Bonchev–Trinajstić information content (AvgIpc) is 2.84. The predicted molar refractivity (Wildman–Crippen MR) is 126 cm³/mol. The molecule has 2 aromatic carbocycles. The Morgan fingerprint density at radius 1 is 0.971 bits per heavy atom. The van der Waals surface area contributed by atoms with Gasteiger partial charge < -0.3 is 5.11 Å². The Labute approximate surface area is 198 Å². The van der Waals surface area contributed by atoms with E-state index in [1.807, 2.05) is 24.3 Å². The quantitative estimate of drug-likeness (QED) is 0.602. The lowest BCUT2D eigenvalue weighted by atomic mass is 9.74. The molecule has 2 saturated heterocycles. The van der Waals surface area contributed by atoms with Crippen LogP contribution in [0.4, 0.5) is 4.39 Å². The maximum absolute atomic E-state index is 14.4. The molecular formula is C25H27FN4O3S. The summed E-state index contributed by atoms with van der Waals surface area (Å²) < 4.78 is 42.5. The Morgan fingerprint density at radius 3 is 2.38 bits per heavy atom. The second kappa shape index (κ2) is 9.50. The van der Waals surface area contributed by atoms with Gasteiger partial charge in [-0.05, 0) is 42.6 Å². The van der Waals surface area contributed by atoms with Crippen molar-refractivity contribution in [1.29, 1.82) is 0 Å². The zero-order valence-corrected chi connectivity index (χ0v) is 19.5. The number of sulfonamides is 1. The number of aliphatic hydroxyl groups is 1. The smallest absolute Gasteiger partial charge is 0.246 e. The molecule has 1 aromatic heterocycles. The van der Waals surface area contributed by atoms with Crippen molar-refractivity contribution in [2.75, 3.05) is 26.2 Å². The van der Waals surface area contributed by atoms with Crippen molar-refractivity contribution >= 4 is 10.0 Å². The molecule has 3 heterocycles. The minimum atomic E-state index is -3.97. The van der Waals surface area contributed by atoms with Crippen molar-refractivity contribution in [3.05, 3.63) is 78.6 Å². The third-order valence-corrected chi connectivity index (χ3v) is 8.87.